The van der Waals surface area contributed by atoms with E-state index in [9.17, 15) is 4.79 Å². The summed E-state index contributed by atoms with van der Waals surface area (Å²) in [4.78, 5) is 14.0. The van der Waals surface area contributed by atoms with Crippen LogP contribution in [0.5, 0.6) is 5.75 Å². The maximum Gasteiger partial charge on any atom is 0.180 e. The molecular formula is C21H22ClNO2S. The summed E-state index contributed by atoms with van der Waals surface area (Å²) >= 11 is 1.65. The molecule has 3 nitrogen and oxygen atoms in total. The maximum absolute atomic E-state index is 12.9. The molecule has 0 aliphatic heterocycles. The van der Waals surface area contributed by atoms with Gasteiger partial charge in [0.05, 0.1) is 13.2 Å². The molecule has 0 saturated carbocycles. The summed E-state index contributed by atoms with van der Waals surface area (Å²) < 4.78 is 5.15. The predicted molar refractivity (Wildman–Crippen MR) is 110 cm³/mol. The van der Waals surface area contributed by atoms with Crippen molar-refractivity contribution >= 4 is 29.5 Å². The monoisotopic (exact) mass is 387 g/mol. The summed E-state index contributed by atoms with van der Waals surface area (Å²) in [6.45, 7) is 0. The number of halogens is 1. The van der Waals surface area contributed by atoms with Crippen LogP contribution in [0.2, 0.25) is 0 Å². The minimum absolute atomic E-state index is 0. The zero-order valence-corrected chi connectivity index (χ0v) is 16.1. The van der Waals surface area contributed by atoms with Crippen molar-refractivity contribution in [3.05, 3.63) is 88.1 Å². The number of benzene rings is 2. The Morgan fingerprint density at radius 2 is 1.73 bits per heavy atom. The largest absolute Gasteiger partial charge is 0.497 e. The molecule has 1 aromatic heterocycles. The zero-order chi connectivity index (χ0) is 17.6. The van der Waals surface area contributed by atoms with Crippen molar-refractivity contribution in [2.24, 2.45) is 5.73 Å². The molecule has 0 aliphatic rings. The number of ether oxygens (including phenoxy) is 1. The van der Waals surface area contributed by atoms with Crippen LogP contribution in [0.15, 0.2) is 72.1 Å². The van der Waals surface area contributed by atoms with Gasteiger partial charge in [-0.15, -0.1) is 23.7 Å². The van der Waals surface area contributed by atoms with Gasteiger partial charge in [-0.3, -0.25) is 4.79 Å². The lowest BCUT2D eigenvalue weighted by Crippen LogP contribution is -2.37. The molecule has 3 aromatic rings. The number of carbonyl (C=O) groups is 1. The van der Waals surface area contributed by atoms with Gasteiger partial charge in [0.2, 0.25) is 0 Å². The summed E-state index contributed by atoms with van der Waals surface area (Å²) in [5, 5.41) is 2.03. The molecule has 5 heteroatoms. The van der Waals surface area contributed by atoms with Crippen molar-refractivity contribution < 1.29 is 9.53 Å². The van der Waals surface area contributed by atoms with Crippen molar-refractivity contribution in [1.82, 2.24) is 0 Å². The quantitative estimate of drug-likeness (QED) is 0.597. The van der Waals surface area contributed by atoms with E-state index >= 15 is 0 Å². The van der Waals surface area contributed by atoms with Crippen LogP contribution in [0.3, 0.4) is 0 Å². The molecule has 0 saturated heterocycles. The van der Waals surface area contributed by atoms with E-state index in [1.54, 1.807) is 42.7 Å². The normalized spacial score (nSPS) is 12.7. The van der Waals surface area contributed by atoms with Crippen molar-refractivity contribution in [1.29, 1.82) is 0 Å². The molecule has 3 rings (SSSR count). The Morgan fingerprint density at radius 3 is 2.31 bits per heavy atom. The van der Waals surface area contributed by atoms with Gasteiger partial charge in [-0.05, 0) is 47.7 Å². The molecule has 0 aliphatic carbocycles. The van der Waals surface area contributed by atoms with E-state index in [1.807, 2.05) is 29.6 Å². The van der Waals surface area contributed by atoms with Crippen molar-refractivity contribution in [2.75, 3.05) is 7.11 Å². The summed E-state index contributed by atoms with van der Waals surface area (Å²) in [7, 11) is 1.61. The fraction of sp³-hybridized carbons (Fsp3) is 0.190. The van der Waals surface area contributed by atoms with E-state index in [0.717, 1.165) is 17.0 Å². The molecule has 2 aromatic carbocycles. The molecule has 136 valence electrons. The predicted octanol–water partition coefficient (Wildman–Crippen LogP) is 4.72. The molecule has 0 amide bonds. The average molecular weight is 388 g/mol. The molecule has 0 spiro atoms. The fourth-order valence-corrected chi connectivity index (χ4v) is 3.78. The third-order valence-electron chi connectivity index (χ3n) is 4.32. The number of ketones is 1. The number of rotatable bonds is 7. The van der Waals surface area contributed by atoms with Crippen LogP contribution in [0.4, 0.5) is 0 Å². The van der Waals surface area contributed by atoms with Gasteiger partial charge in [-0.1, -0.05) is 36.4 Å². The van der Waals surface area contributed by atoms with Gasteiger partial charge < -0.3 is 10.5 Å². The van der Waals surface area contributed by atoms with Crippen molar-refractivity contribution in [3.63, 3.8) is 0 Å². The van der Waals surface area contributed by atoms with Gasteiger partial charge in [0, 0.05) is 16.4 Å². The van der Waals surface area contributed by atoms with Crippen LogP contribution in [0.25, 0.3) is 0 Å². The molecule has 2 unspecified atom stereocenters. The molecule has 0 fully saturated rings. The van der Waals surface area contributed by atoms with Crippen LogP contribution in [0.1, 0.15) is 26.7 Å². The minimum atomic E-state index is -0.591. The van der Waals surface area contributed by atoms with E-state index in [1.165, 1.54) is 5.56 Å². The summed E-state index contributed by atoms with van der Waals surface area (Å²) in [6, 6.07) is 20.8. The average Bonchev–Trinajstić information content (AvgIpc) is 3.20. The van der Waals surface area contributed by atoms with Crippen LogP contribution in [-0.2, 0) is 6.42 Å². The number of hydrogen-bond donors (Lipinski definition) is 1. The van der Waals surface area contributed by atoms with E-state index in [0.29, 0.717) is 5.56 Å². The third-order valence-corrected chi connectivity index (χ3v) is 5.32. The summed E-state index contributed by atoms with van der Waals surface area (Å²) in [5.74, 6) is 0.637. The first-order valence-electron chi connectivity index (χ1n) is 8.20. The van der Waals surface area contributed by atoms with Gasteiger partial charge in [0.15, 0.2) is 5.78 Å². The molecule has 26 heavy (non-hydrogen) atoms. The second-order valence-electron chi connectivity index (χ2n) is 5.93. The molecule has 2 N–H and O–H groups in total. The van der Waals surface area contributed by atoms with Gasteiger partial charge in [0.25, 0.3) is 0 Å². The first kappa shape index (κ1) is 20.2. The zero-order valence-electron chi connectivity index (χ0n) is 14.5. The lowest BCUT2D eigenvalue weighted by atomic mass is 9.87. The molecule has 0 bridgehead atoms. The number of Topliss-reactive ketones (excluding diaryl/α,β-unsaturated/α-hetero) is 1. The summed E-state index contributed by atoms with van der Waals surface area (Å²) in [5.41, 5.74) is 8.22. The maximum atomic E-state index is 12.9. The standard InChI is InChI=1S/C21H21NO2S.ClH/c1-24-17-11-9-16(10-12-17)21(23)20(22)18(19-8-5-13-25-19)14-15-6-3-2-4-7-15;/h2-13,18,20H,14,22H2,1H3;1H. The molecule has 2 atom stereocenters. The number of methoxy groups -OCH3 is 1. The molecule has 1 heterocycles. The topological polar surface area (TPSA) is 52.3 Å². The van der Waals surface area contributed by atoms with Gasteiger partial charge in [-0.25, -0.2) is 0 Å². The van der Waals surface area contributed by atoms with Gasteiger partial charge in [0.1, 0.15) is 5.75 Å². The Kier molecular flexibility index (Phi) is 7.39. The Hall–Kier alpha value is -2.14. The van der Waals surface area contributed by atoms with Gasteiger partial charge >= 0.3 is 0 Å². The number of carbonyl (C=O) groups excluding carboxylic acids is 1. The second-order valence-corrected chi connectivity index (χ2v) is 6.91. The third kappa shape index (κ3) is 4.73. The SMILES string of the molecule is COc1ccc(C(=O)C(N)C(Cc2ccccc2)c2cccs2)cc1.Cl. The smallest absolute Gasteiger partial charge is 0.180 e. The van der Waals surface area contributed by atoms with Crippen molar-refractivity contribution in [3.8, 4) is 5.75 Å². The first-order chi connectivity index (χ1) is 12.2. The second kappa shape index (κ2) is 9.53. The van der Waals surface area contributed by atoms with Crippen LogP contribution >= 0.6 is 23.7 Å². The number of thiophene rings is 1. The fourth-order valence-electron chi connectivity index (χ4n) is 2.91. The van der Waals surface area contributed by atoms with E-state index in [4.69, 9.17) is 10.5 Å². The van der Waals surface area contributed by atoms with Crippen LogP contribution < -0.4 is 10.5 Å². The highest BCUT2D eigenvalue weighted by atomic mass is 35.5. The van der Waals surface area contributed by atoms with Crippen LogP contribution in [-0.4, -0.2) is 18.9 Å². The van der Waals surface area contributed by atoms with E-state index in [2.05, 4.69) is 18.2 Å². The summed E-state index contributed by atoms with van der Waals surface area (Å²) in [6.07, 6.45) is 0.740. The van der Waals surface area contributed by atoms with E-state index in [-0.39, 0.29) is 24.1 Å². The molecule has 0 radical (unpaired) electrons. The number of nitrogens with two attached hydrogens (primary N) is 1. The highest BCUT2D eigenvalue weighted by molar-refractivity contribution is 7.10. The van der Waals surface area contributed by atoms with E-state index < -0.39 is 6.04 Å². The Balaban J connectivity index is 0.00000243. The van der Waals surface area contributed by atoms with Crippen LogP contribution in [0, 0.1) is 0 Å². The Morgan fingerprint density at radius 1 is 1.04 bits per heavy atom. The van der Waals surface area contributed by atoms with Crippen molar-refractivity contribution in [2.45, 2.75) is 18.4 Å². The number of hydrogen-bond acceptors (Lipinski definition) is 4. The minimum Gasteiger partial charge on any atom is -0.497 e. The Labute approximate surface area is 164 Å². The highest BCUT2D eigenvalue weighted by Gasteiger charge is 2.28. The molecular weight excluding hydrogens is 366 g/mol. The first-order valence-corrected chi connectivity index (χ1v) is 9.08. The lowest BCUT2D eigenvalue weighted by molar-refractivity contribution is 0.0949. The lowest BCUT2D eigenvalue weighted by Gasteiger charge is -2.22. The van der Waals surface area contributed by atoms with Gasteiger partial charge in [-0.2, -0.15) is 0 Å². The Bertz CT molecular complexity index is 804. The highest BCUT2D eigenvalue weighted by Crippen LogP contribution is 2.29.